The zero-order valence-electron chi connectivity index (χ0n) is 17.3. The van der Waals surface area contributed by atoms with Gasteiger partial charge in [0.25, 0.3) is 5.91 Å². The number of aryl methyl sites for hydroxylation is 3. The third-order valence-corrected chi connectivity index (χ3v) is 5.85. The Bertz CT molecular complexity index is 933. The summed E-state index contributed by atoms with van der Waals surface area (Å²) in [6.45, 7) is 8.11. The number of benzene rings is 1. The van der Waals surface area contributed by atoms with E-state index in [0.717, 1.165) is 28.1 Å². The predicted octanol–water partition coefficient (Wildman–Crippen LogP) is 5.77. The van der Waals surface area contributed by atoms with Crippen LogP contribution in [0.5, 0.6) is 0 Å². The lowest BCUT2D eigenvalue weighted by atomic mass is 9.95. The van der Waals surface area contributed by atoms with E-state index in [1.54, 1.807) is 6.08 Å². The summed E-state index contributed by atoms with van der Waals surface area (Å²) in [5, 5.41) is 12.5. The van der Waals surface area contributed by atoms with Crippen LogP contribution in [-0.2, 0) is 4.79 Å². The fourth-order valence-corrected chi connectivity index (χ4v) is 4.35. The van der Waals surface area contributed by atoms with E-state index in [9.17, 15) is 10.1 Å². The maximum absolute atomic E-state index is 12.7. The molecular formula is C24H29N3O. The van der Waals surface area contributed by atoms with Crippen molar-refractivity contribution in [3.05, 3.63) is 57.9 Å². The van der Waals surface area contributed by atoms with Crippen molar-refractivity contribution >= 4 is 17.7 Å². The van der Waals surface area contributed by atoms with Gasteiger partial charge in [0.05, 0.1) is 0 Å². The molecule has 1 saturated carbocycles. The molecule has 0 spiro atoms. The Morgan fingerprint density at radius 2 is 1.79 bits per heavy atom. The molecule has 1 N–H and O–H groups in total. The SMILES string of the molecule is Cc1cccc(C)c1NC(=O)/C(C#N)=C/c1cc(C)n(C2CCCCC2)c1C. The van der Waals surface area contributed by atoms with Crippen LogP contribution >= 0.6 is 0 Å². The molecule has 28 heavy (non-hydrogen) atoms. The normalized spacial score (nSPS) is 15.3. The highest BCUT2D eigenvalue weighted by Gasteiger charge is 2.20. The lowest BCUT2D eigenvalue weighted by Crippen LogP contribution is -2.16. The Morgan fingerprint density at radius 1 is 1.14 bits per heavy atom. The number of nitrogens with one attached hydrogen (secondary N) is 1. The Labute approximate surface area is 167 Å². The van der Waals surface area contributed by atoms with Gasteiger partial charge < -0.3 is 9.88 Å². The van der Waals surface area contributed by atoms with Gasteiger partial charge in [0.2, 0.25) is 0 Å². The van der Waals surface area contributed by atoms with Crippen LogP contribution in [0.15, 0.2) is 29.8 Å². The van der Waals surface area contributed by atoms with Crippen LogP contribution in [0.1, 0.15) is 66.2 Å². The van der Waals surface area contributed by atoms with E-state index in [1.807, 2.05) is 32.0 Å². The van der Waals surface area contributed by atoms with Crippen molar-refractivity contribution in [3.63, 3.8) is 0 Å². The third kappa shape index (κ3) is 4.04. The van der Waals surface area contributed by atoms with Gasteiger partial charge in [0.15, 0.2) is 0 Å². The lowest BCUT2D eigenvalue weighted by molar-refractivity contribution is -0.112. The quantitative estimate of drug-likeness (QED) is 0.544. The molecule has 3 rings (SSSR count). The molecule has 0 radical (unpaired) electrons. The molecule has 0 unspecified atom stereocenters. The van der Waals surface area contributed by atoms with Crippen molar-refractivity contribution in [1.29, 1.82) is 5.26 Å². The van der Waals surface area contributed by atoms with E-state index in [-0.39, 0.29) is 11.5 Å². The average Bonchev–Trinajstić information content (AvgIpc) is 2.96. The molecule has 4 nitrogen and oxygen atoms in total. The van der Waals surface area contributed by atoms with Crippen LogP contribution in [0.3, 0.4) is 0 Å². The molecule has 0 bridgehead atoms. The van der Waals surface area contributed by atoms with Crippen LogP contribution < -0.4 is 5.32 Å². The molecule has 1 heterocycles. The fourth-order valence-electron chi connectivity index (χ4n) is 4.35. The number of carbonyl (C=O) groups is 1. The molecule has 1 amide bonds. The van der Waals surface area contributed by atoms with E-state index >= 15 is 0 Å². The van der Waals surface area contributed by atoms with Crippen molar-refractivity contribution in [2.45, 2.75) is 65.8 Å². The third-order valence-electron chi connectivity index (χ3n) is 5.85. The Kier molecular flexibility index (Phi) is 6.04. The first kappa shape index (κ1) is 19.9. The van der Waals surface area contributed by atoms with Crippen LogP contribution in [-0.4, -0.2) is 10.5 Å². The van der Waals surface area contributed by atoms with Gasteiger partial charge in [-0.15, -0.1) is 0 Å². The molecule has 0 atom stereocenters. The van der Waals surface area contributed by atoms with Crippen LogP contribution in [0.4, 0.5) is 5.69 Å². The first-order valence-corrected chi connectivity index (χ1v) is 10.1. The van der Waals surface area contributed by atoms with Gasteiger partial charge in [0.1, 0.15) is 11.6 Å². The van der Waals surface area contributed by atoms with E-state index in [1.165, 1.54) is 37.8 Å². The van der Waals surface area contributed by atoms with Gasteiger partial charge in [-0.3, -0.25) is 4.79 Å². The van der Waals surface area contributed by atoms with Crippen molar-refractivity contribution < 1.29 is 4.79 Å². The summed E-state index contributed by atoms with van der Waals surface area (Å²) in [6, 6.07) is 10.6. The van der Waals surface area contributed by atoms with Crippen LogP contribution in [0.25, 0.3) is 6.08 Å². The number of carbonyl (C=O) groups excluding carboxylic acids is 1. The topological polar surface area (TPSA) is 57.8 Å². The molecule has 2 aromatic rings. The molecule has 0 saturated heterocycles. The summed E-state index contributed by atoms with van der Waals surface area (Å²) in [4.78, 5) is 12.7. The molecular weight excluding hydrogens is 346 g/mol. The van der Waals surface area contributed by atoms with Gasteiger partial charge in [-0.1, -0.05) is 37.5 Å². The summed E-state index contributed by atoms with van der Waals surface area (Å²) in [6.07, 6.45) is 8.00. The Balaban J connectivity index is 1.88. The van der Waals surface area contributed by atoms with Gasteiger partial charge in [-0.25, -0.2) is 0 Å². The van der Waals surface area contributed by atoms with Crippen molar-refractivity contribution in [3.8, 4) is 6.07 Å². The number of hydrogen-bond donors (Lipinski definition) is 1. The number of rotatable bonds is 4. The number of amides is 1. The van der Waals surface area contributed by atoms with Gasteiger partial charge in [0, 0.05) is 23.1 Å². The standard InChI is InChI=1S/C24H29N3O/c1-16-9-8-10-17(2)23(16)26-24(28)21(15-25)14-20-13-18(3)27(19(20)4)22-11-6-5-7-12-22/h8-10,13-14,22H,5-7,11-12H2,1-4H3,(H,26,28)/b21-14+. The largest absolute Gasteiger partial charge is 0.346 e. The van der Waals surface area contributed by atoms with Crippen molar-refractivity contribution in [1.82, 2.24) is 4.57 Å². The van der Waals surface area contributed by atoms with Gasteiger partial charge in [-0.05, 0) is 69.4 Å². The second kappa shape index (κ2) is 8.48. The minimum absolute atomic E-state index is 0.131. The van der Waals surface area contributed by atoms with Gasteiger partial charge >= 0.3 is 0 Å². The van der Waals surface area contributed by atoms with E-state index in [0.29, 0.717) is 6.04 Å². The second-order valence-corrected chi connectivity index (χ2v) is 7.88. The van der Waals surface area contributed by atoms with E-state index in [4.69, 9.17) is 0 Å². The molecule has 1 aromatic carbocycles. The summed E-state index contributed by atoms with van der Waals surface area (Å²) in [5.41, 5.74) is 6.17. The second-order valence-electron chi connectivity index (χ2n) is 7.88. The van der Waals surface area contributed by atoms with Crippen molar-refractivity contribution in [2.24, 2.45) is 0 Å². The molecule has 4 heteroatoms. The highest BCUT2D eigenvalue weighted by Crippen LogP contribution is 2.32. The summed E-state index contributed by atoms with van der Waals surface area (Å²) < 4.78 is 2.39. The first-order valence-electron chi connectivity index (χ1n) is 10.1. The number of hydrogen-bond acceptors (Lipinski definition) is 2. The van der Waals surface area contributed by atoms with Crippen molar-refractivity contribution in [2.75, 3.05) is 5.32 Å². The molecule has 1 aromatic heterocycles. The number of para-hydroxylation sites is 1. The maximum Gasteiger partial charge on any atom is 0.266 e. The minimum atomic E-state index is -0.359. The smallest absolute Gasteiger partial charge is 0.266 e. The van der Waals surface area contributed by atoms with Gasteiger partial charge in [-0.2, -0.15) is 5.26 Å². The first-order chi connectivity index (χ1) is 13.4. The zero-order valence-corrected chi connectivity index (χ0v) is 17.3. The number of nitrogens with zero attached hydrogens (tertiary/aromatic N) is 2. The molecule has 0 aliphatic heterocycles. The average molecular weight is 376 g/mol. The van der Waals surface area contributed by atoms with E-state index < -0.39 is 0 Å². The summed E-state index contributed by atoms with van der Waals surface area (Å²) in [7, 11) is 0. The number of anilines is 1. The highest BCUT2D eigenvalue weighted by atomic mass is 16.1. The molecule has 1 fully saturated rings. The number of aromatic nitrogens is 1. The summed E-state index contributed by atoms with van der Waals surface area (Å²) >= 11 is 0. The van der Waals surface area contributed by atoms with Crippen LogP contribution in [0, 0.1) is 39.0 Å². The monoisotopic (exact) mass is 375 g/mol. The highest BCUT2D eigenvalue weighted by molar-refractivity contribution is 6.10. The fraction of sp³-hybridized carbons (Fsp3) is 0.417. The summed E-state index contributed by atoms with van der Waals surface area (Å²) in [5.74, 6) is -0.359. The molecule has 1 aliphatic carbocycles. The van der Waals surface area contributed by atoms with Crippen LogP contribution in [0.2, 0.25) is 0 Å². The number of nitriles is 1. The molecule has 1 aliphatic rings. The minimum Gasteiger partial charge on any atom is -0.346 e. The lowest BCUT2D eigenvalue weighted by Gasteiger charge is -2.26. The Hall–Kier alpha value is -2.80. The molecule has 146 valence electrons. The maximum atomic E-state index is 12.7. The predicted molar refractivity (Wildman–Crippen MR) is 114 cm³/mol. The zero-order chi connectivity index (χ0) is 20.3. The van der Waals surface area contributed by atoms with E-state index in [2.05, 4.69) is 35.9 Å². The Morgan fingerprint density at radius 3 is 2.39 bits per heavy atom.